The van der Waals surface area contributed by atoms with Crippen LogP contribution in [-0.2, 0) is 65.4 Å². The van der Waals surface area contributed by atoms with Crippen LogP contribution < -0.4 is 0 Å². The van der Waals surface area contributed by atoms with Gasteiger partial charge in [-0.05, 0) is 167 Å². The maximum Gasteiger partial charge on any atom is 0.472 e. The number of aliphatic hydroxyl groups is 1. The fraction of sp³-hybridized carbons (Fsp3) is 0.596. The molecule has 0 aromatic rings. The molecule has 0 amide bonds. The molecule has 0 fully saturated rings. The number of carbonyl (C=O) groups excluding carboxylic acids is 4. The summed E-state index contributed by atoms with van der Waals surface area (Å²) >= 11 is 0. The van der Waals surface area contributed by atoms with Crippen molar-refractivity contribution in [1.82, 2.24) is 0 Å². The average Bonchev–Trinajstić information content (AvgIpc) is 0.906. The molecule has 0 rings (SSSR count). The Bertz CT molecular complexity index is 2810. The van der Waals surface area contributed by atoms with Crippen molar-refractivity contribution in [2.75, 3.05) is 39.6 Å². The van der Waals surface area contributed by atoms with Gasteiger partial charge in [-0.15, -0.1) is 0 Å². The van der Waals surface area contributed by atoms with Crippen LogP contribution in [0.2, 0.25) is 0 Å². The molecule has 0 saturated heterocycles. The normalized spacial score (nSPS) is 14.8. The summed E-state index contributed by atoms with van der Waals surface area (Å²) in [5.41, 5.74) is 0. The highest BCUT2D eigenvalue weighted by Gasteiger charge is 2.30. The molecule has 610 valence electrons. The third-order valence-corrected chi connectivity index (χ3v) is 17.9. The first-order valence-electron chi connectivity index (χ1n) is 40.7. The summed E-state index contributed by atoms with van der Waals surface area (Å²) in [5, 5.41) is 10.7. The summed E-state index contributed by atoms with van der Waals surface area (Å²) in [6.07, 6.45) is 97.1. The second-order valence-corrected chi connectivity index (χ2v) is 29.1. The number of hydrogen-bond acceptors (Lipinski definition) is 15. The molecule has 19 heteroatoms. The van der Waals surface area contributed by atoms with Crippen molar-refractivity contribution in [3.8, 4) is 0 Å². The summed E-state index contributed by atoms with van der Waals surface area (Å²) < 4.78 is 68.5. The number of hydrogen-bond donors (Lipinski definition) is 3. The Morgan fingerprint density at radius 3 is 0.843 bits per heavy atom. The van der Waals surface area contributed by atoms with E-state index in [1.165, 1.54) is 38.5 Å². The first-order valence-corrected chi connectivity index (χ1v) is 43.7. The van der Waals surface area contributed by atoms with Crippen molar-refractivity contribution in [1.29, 1.82) is 0 Å². The van der Waals surface area contributed by atoms with Crippen LogP contribution in [0.5, 0.6) is 0 Å². The lowest BCUT2D eigenvalue weighted by atomic mass is 10.1. The molecule has 5 unspecified atom stereocenters. The number of rotatable bonds is 74. The predicted molar refractivity (Wildman–Crippen MR) is 445 cm³/mol. The SMILES string of the molecule is CC/C=C\C/C=C\C/C=C\C/C=C\C/C=C\C/C=C\CCC(=O)OCC(COP(=O)(O)OCC(O)COP(=O)(O)OCC(COC(=O)CCCCCC/C=C\C/C=C\C/C=C\C/C=C\CC)OC(=O)CCCCCCC/C=C\CCCCCCCC)OC(=O)CCC/C=C\C/C=C\C/C=C\C/C=C\C/C=C\CC. The molecule has 0 heterocycles. The van der Waals surface area contributed by atoms with E-state index in [0.717, 1.165) is 154 Å². The number of carbonyl (C=O) groups is 4. The molecule has 17 nitrogen and oxygen atoms in total. The standard InChI is InChI=1S/C89H142O17P2/c1-5-9-13-17-21-25-29-33-37-40-41-44-47-50-54-58-62-66-70-74-87(92)100-80-85(106-89(94)76-72-68-64-60-56-52-48-43-39-35-31-27-23-19-15-11-7-3)82-104-108(97,98)102-78-83(90)77-101-107(95,96)103-81-84(105-88(93)75-71-67-63-59-55-51-45-36-32-28-24-20-16-12-8-4)79-99-86(91)73-69-65-61-57-53-49-46-42-38-34-30-26-22-18-14-10-6-2/h9-11,13-15,21-23,25-27,33-39,41,44-46,48-50,52,54,60,62,64,66,83-85,90H,5-8,12,16-20,24,28-32,40,42-43,47,51,53,55-59,61,63,65,67-82H2,1-4H3,(H,95,96)(H,97,98)/b13-9-,14-10-,15-11-,25-21-,26-22-,27-23-,37-33-,38-34-,39-35-,44-41-,45-36-,49-46-,52-48-,54-50-,64-60-,66-62-. The van der Waals surface area contributed by atoms with Gasteiger partial charge in [0, 0.05) is 25.7 Å². The maximum absolute atomic E-state index is 13.1. The Hall–Kier alpha value is -6.10. The molecular formula is C89H142O17P2. The van der Waals surface area contributed by atoms with Gasteiger partial charge in [-0.2, -0.15) is 0 Å². The van der Waals surface area contributed by atoms with Crippen molar-refractivity contribution in [2.24, 2.45) is 0 Å². The highest BCUT2D eigenvalue weighted by atomic mass is 31.2. The van der Waals surface area contributed by atoms with Gasteiger partial charge in [0.05, 0.1) is 26.4 Å². The second kappa shape index (κ2) is 79.0. The molecule has 3 N–H and O–H groups in total. The predicted octanol–water partition coefficient (Wildman–Crippen LogP) is 24.1. The average molecular weight is 1550 g/mol. The Kier molecular flexibility index (Phi) is 74.5. The number of ether oxygens (including phenoxy) is 4. The van der Waals surface area contributed by atoms with Gasteiger partial charge in [-0.25, -0.2) is 9.13 Å². The highest BCUT2D eigenvalue weighted by Crippen LogP contribution is 2.45. The zero-order valence-corrected chi connectivity index (χ0v) is 68.5. The number of allylic oxidation sites excluding steroid dienone is 32. The monoisotopic (exact) mass is 1540 g/mol. The minimum Gasteiger partial charge on any atom is -0.462 e. The Morgan fingerprint density at radius 1 is 0.269 bits per heavy atom. The van der Waals surface area contributed by atoms with Crippen LogP contribution in [0.25, 0.3) is 0 Å². The summed E-state index contributed by atoms with van der Waals surface area (Å²) in [4.78, 5) is 73.1. The van der Waals surface area contributed by atoms with E-state index in [9.17, 15) is 43.2 Å². The molecule has 0 radical (unpaired) electrons. The van der Waals surface area contributed by atoms with Gasteiger partial charge in [0.15, 0.2) is 12.2 Å². The Labute approximate surface area is 653 Å². The van der Waals surface area contributed by atoms with Crippen molar-refractivity contribution in [2.45, 2.75) is 303 Å². The third kappa shape index (κ3) is 78.0. The topological polar surface area (TPSA) is 237 Å². The third-order valence-electron chi connectivity index (χ3n) is 16.0. The lowest BCUT2D eigenvalue weighted by Gasteiger charge is -2.21. The molecule has 0 aliphatic heterocycles. The van der Waals surface area contributed by atoms with Gasteiger partial charge in [-0.3, -0.25) is 37.3 Å². The number of phosphoric ester groups is 2. The molecule has 108 heavy (non-hydrogen) atoms. The summed E-state index contributed by atoms with van der Waals surface area (Å²) in [6, 6.07) is 0. The molecule has 0 aromatic carbocycles. The Morgan fingerprint density at radius 2 is 0.509 bits per heavy atom. The van der Waals surface area contributed by atoms with Gasteiger partial charge in [-0.1, -0.05) is 286 Å². The van der Waals surface area contributed by atoms with Crippen molar-refractivity contribution in [3.63, 3.8) is 0 Å². The van der Waals surface area contributed by atoms with Crippen LogP contribution >= 0.6 is 15.6 Å². The van der Waals surface area contributed by atoms with Crippen LogP contribution in [0.3, 0.4) is 0 Å². The van der Waals surface area contributed by atoms with E-state index in [-0.39, 0.29) is 25.7 Å². The van der Waals surface area contributed by atoms with E-state index < -0.39 is 97.5 Å². The van der Waals surface area contributed by atoms with Crippen molar-refractivity contribution in [3.05, 3.63) is 194 Å². The van der Waals surface area contributed by atoms with E-state index in [1.54, 1.807) is 0 Å². The minimum atomic E-state index is -5.02. The first kappa shape index (κ1) is 102. The van der Waals surface area contributed by atoms with Crippen LogP contribution in [0.4, 0.5) is 0 Å². The van der Waals surface area contributed by atoms with E-state index in [1.807, 2.05) is 30.4 Å². The molecule has 0 bridgehead atoms. The summed E-state index contributed by atoms with van der Waals surface area (Å²) in [5.74, 6) is -2.40. The second-order valence-electron chi connectivity index (χ2n) is 26.2. The van der Waals surface area contributed by atoms with Gasteiger partial charge in [0.2, 0.25) is 0 Å². The van der Waals surface area contributed by atoms with Crippen molar-refractivity contribution < 1.29 is 80.2 Å². The molecule has 5 atom stereocenters. The Balaban J connectivity index is 5.54. The fourth-order valence-electron chi connectivity index (χ4n) is 9.97. The lowest BCUT2D eigenvalue weighted by molar-refractivity contribution is -0.161. The largest absolute Gasteiger partial charge is 0.472 e. The van der Waals surface area contributed by atoms with E-state index >= 15 is 0 Å². The smallest absolute Gasteiger partial charge is 0.462 e. The number of phosphoric acid groups is 2. The van der Waals surface area contributed by atoms with Crippen LogP contribution in [0, 0.1) is 0 Å². The lowest BCUT2D eigenvalue weighted by Crippen LogP contribution is -2.30. The zero-order valence-electron chi connectivity index (χ0n) is 66.7. The fourth-order valence-corrected chi connectivity index (χ4v) is 11.6. The molecular weight excluding hydrogens is 1400 g/mol. The molecule has 0 aliphatic rings. The number of aliphatic hydroxyl groups excluding tert-OH is 1. The van der Waals surface area contributed by atoms with Gasteiger partial charge in [0.1, 0.15) is 19.3 Å². The molecule has 0 aromatic heterocycles. The van der Waals surface area contributed by atoms with Crippen molar-refractivity contribution >= 4 is 39.5 Å². The number of esters is 4. The zero-order chi connectivity index (χ0) is 78.9. The molecule has 0 aliphatic carbocycles. The highest BCUT2D eigenvalue weighted by molar-refractivity contribution is 7.47. The van der Waals surface area contributed by atoms with Crippen LogP contribution in [-0.4, -0.2) is 96.7 Å². The van der Waals surface area contributed by atoms with Gasteiger partial charge >= 0.3 is 39.5 Å². The van der Waals surface area contributed by atoms with Gasteiger partial charge < -0.3 is 33.8 Å². The molecule has 0 saturated carbocycles. The van der Waals surface area contributed by atoms with Gasteiger partial charge in [0.25, 0.3) is 0 Å². The summed E-state index contributed by atoms with van der Waals surface area (Å²) in [6.45, 7) is 4.32. The summed E-state index contributed by atoms with van der Waals surface area (Å²) in [7, 11) is -10.0. The van der Waals surface area contributed by atoms with E-state index in [4.69, 9.17) is 37.0 Å². The number of unbranched alkanes of at least 4 members (excludes halogenated alkanes) is 16. The molecule has 0 spiro atoms. The van der Waals surface area contributed by atoms with Crippen LogP contribution in [0.15, 0.2) is 194 Å². The maximum atomic E-state index is 13.1. The van der Waals surface area contributed by atoms with E-state index in [0.29, 0.717) is 38.5 Å². The minimum absolute atomic E-state index is 0.00788. The van der Waals surface area contributed by atoms with Crippen LogP contribution in [0.1, 0.15) is 285 Å². The first-order chi connectivity index (χ1) is 52.7. The quantitative estimate of drug-likeness (QED) is 0.0169. The van der Waals surface area contributed by atoms with E-state index in [2.05, 4.69) is 192 Å².